The minimum absolute atomic E-state index is 0.0312. The Morgan fingerprint density at radius 1 is 1.15 bits per heavy atom. The Bertz CT molecular complexity index is 857. The monoisotopic (exact) mass is 565 g/mol. The minimum atomic E-state index is -1.13. The first-order valence-electron chi connectivity index (χ1n) is 13.1. The van der Waals surface area contributed by atoms with Gasteiger partial charge in [0, 0.05) is 37.3 Å². The number of hydrogen-bond acceptors (Lipinski definition) is 7. The predicted octanol–water partition coefficient (Wildman–Crippen LogP) is 4.92. The van der Waals surface area contributed by atoms with Crippen LogP contribution >= 0.6 is 12.0 Å². The predicted molar refractivity (Wildman–Crippen MR) is 160 cm³/mol. The van der Waals surface area contributed by atoms with Crippen molar-refractivity contribution in [1.29, 1.82) is 0 Å². The van der Waals surface area contributed by atoms with Gasteiger partial charge in [-0.1, -0.05) is 76.6 Å². The number of carbonyl (C=O) groups excluding carboxylic acids is 2. The van der Waals surface area contributed by atoms with Crippen molar-refractivity contribution in [3.63, 3.8) is 0 Å². The zero-order valence-electron chi connectivity index (χ0n) is 24.1. The van der Waals surface area contributed by atoms with E-state index < -0.39 is 12.1 Å². The molecule has 0 heterocycles. The number of aliphatic imine (C=N–C) groups is 1. The first-order chi connectivity index (χ1) is 18.6. The van der Waals surface area contributed by atoms with Gasteiger partial charge in [0.15, 0.2) is 6.10 Å². The lowest BCUT2D eigenvalue weighted by Crippen LogP contribution is -2.38. The van der Waals surface area contributed by atoms with Gasteiger partial charge in [-0.3, -0.25) is 18.8 Å². The van der Waals surface area contributed by atoms with Crippen LogP contribution in [-0.2, 0) is 25.0 Å². The molecule has 0 saturated carbocycles. The topological polar surface area (TPSA) is 137 Å². The number of amides is 2. The van der Waals surface area contributed by atoms with Gasteiger partial charge in [0.1, 0.15) is 5.71 Å². The maximum absolute atomic E-state index is 12.3. The van der Waals surface area contributed by atoms with E-state index in [-0.39, 0.29) is 30.9 Å². The summed E-state index contributed by atoms with van der Waals surface area (Å²) in [6.45, 7) is 12.2. The SMILES string of the molecule is CC(C)C.C\C=C/N=C(/C=C/CCC)C(=O)NC(C)Cc1ccccc1.O=CNCSOC(CCO)C(=O)O. The van der Waals surface area contributed by atoms with Crippen LogP contribution in [0.5, 0.6) is 0 Å². The van der Waals surface area contributed by atoms with Crippen molar-refractivity contribution in [2.24, 2.45) is 10.9 Å². The molecule has 10 heteroatoms. The van der Waals surface area contributed by atoms with Crippen molar-refractivity contribution in [2.75, 3.05) is 12.5 Å². The second kappa shape index (κ2) is 26.6. The second-order valence-corrected chi connectivity index (χ2v) is 9.72. The first-order valence-corrected chi connectivity index (χ1v) is 14.0. The molecule has 1 aromatic rings. The lowest BCUT2D eigenvalue weighted by molar-refractivity contribution is -0.145. The average molecular weight is 566 g/mol. The fraction of sp³-hybridized carbons (Fsp3) is 0.517. The van der Waals surface area contributed by atoms with Gasteiger partial charge in [0.2, 0.25) is 6.41 Å². The fourth-order valence-electron chi connectivity index (χ4n) is 2.52. The van der Waals surface area contributed by atoms with E-state index in [2.05, 4.69) is 55.5 Å². The van der Waals surface area contributed by atoms with Gasteiger partial charge < -0.3 is 20.8 Å². The Morgan fingerprint density at radius 2 is 1.79 bits per heavy atom. The smallest absolute Gasteiger partial charge is 0.334 e. The molecule has 0 fully saturated rings. The van der Waals surface area contributed by atoms with Gasteiger partial charge in [-0.05, 0) is 44.2 Å². The second-order valence-electron chi connectivity index (χ2n) is 9.00. The van der Waals surface area contributed by atoms with Crippen LogP contribution in [0.4, 0.5) is 0 Å². The highest BCUT2D eigenvalue weighted by atomic mass is 32.2. The van der Waals surface area contributed by atoms with Crippen LogP contribution < -0.4 is 10.6 Å². The quantitative estimate of drug-likeness (QED) is 0.0734. The van der Waals surface area contributed by atoms with Crippen LogP contribution in [0.2, 0.25) is 0 Å². The molecule has 0 bridgehead atoms. The number of carboxylic acids is 1. The largest absolute Gasteiger partial charge is 0.479 e. The number of aliphatic carboxylic acids is 1. The van der Waals surface area contributed by atoms with Crippen LogP contribution in [0.15, 0.2) is 59.8 Å². The van der Waals surface area contributed by atoms with Gasteiger partial charge in [0.05, 0.1) is 5.88 Å². The van der Waals surface area contributed by atoms with Crippen LogP contribution in [0.1, 0.15) is 66.4 Å². The fourth-order valence-corrected chi connectivity index (χ4v) is 3.07. The molecular weight excluding hydrogens is 518 g/mol. The van der Waals surface area contributed by atoms with Crippen LogP contribution in [0.3, 0.4) is 0 Å². The van der Waals surface area contributed by atoms with Crippen molar-refractivity contribution in [3.05, 3.63) is 60.3 Å². The van der Waals surface area contributed by atoms with Crippen molar-refractivity contribution in [2.45, 2.75) is 79.4 Å². The normalized spacial score (nSPS) is 12.7. The molecule has 0 saturated heterocycles. The zero-order chi connectivity index (χ0) is 29.9. The molecule has 4 N–H and O–H groups in total. The zero-order valence-corrected chi connectivity index (χ0v) is 24.9. The Hall–Kier alpha value is -2.95. The van der Waals surface area contributed by atoms with Gasteiger partial charge in [-0.25, -0.2) is 4.79 Å². The molecular formula is C29H47N3O6S. The summed E-state index contributed by atoms with van der Waals surface area (Å²) < 4.78 is 4.78. The van der Waals surface area contributed by atoms with E-state index in [4.69, 9.17) is 14.4 Å². The van der Waals surface area contributed by atoms with Gasteiger partial charge in [0.25, 0.3) is 5.91 Å². The molecule has 2 unspecified atom stereocenters. The number of benzene rings is 1. The number of aliphatic hydroxyl groups is 1. The van der Waals surface area contributed by atoms with E-state index in [0.717, 1.165) is 37.2 Å². The number of hydrogen-bond donors (Lipinski definition) is 4. The highest BCUT2D eigenvalue weighted by Crippen LogP contribution is 2.09. The highest BCUT2D eigenvalue weighted by Gasteiger charge is 2.17. The molecule has 220 valence electrons. The third kappa shape index (κ3) is 25.1. The van der Waals surface area contributed by atoms with Gasteiger partial charge in [-0.2, -0.15) is 0 Å². The number of carbonyl (C=O) groups is 3. The summed E-state index contributed by atoms with van der Waals surface area (Å²) in [7, 11) is 0. The summed E-state index contributed by atoms with van der Waals surface area (Å²) in [6.07, 6.45) is 9.54. The summed E-state index contributed by atoms with van der Waals surface area (Å²) in [6, 6.07) is 10.2. The first kappa shape index (κ1) is 38.2. The van der Waals surface area contributed by atoms with Crippen molar-refractivity contribution in [3.8, 4) is 0 Å². The molecule has 2 atom stereocenters. The van der Waals surface area contributed by atoms with E-state index in [1.54, 1.807) is 12.3 Å². The standard InChI is InChI=1S/C19H26N2O.C6H11NO5S.C4H10/c1-4-6-8-13-18(20-14-5-2)19(22)21-16(3)15-17-11-9-7-10-12-17;8-2-1-5(6(10)11)12-13-4-7-3-9;1-4(2)3/h5,7-14,16H,4,6,15H2,1-3H3,(H,21,22);3,5,8H,1-2,4H2,(H,7,9)(H,10,11);4H,1-3H3/b13-8+,14-5-,20-18-;;. The highest BCUT2D eigenvalue weighted by molar-refractivity contribution is 7.94. The maximum Gasteiger partial charge on any atom is 0.334 e. The summed E-state index contributed by atoms with van der Waals surface area (Å²) in [5, 5.41) is 22.3. The Morgan fingerprint density at radius 3 is 2.31 bits per heavy atom. The molecule has 0 aliphatic rings. The number of nitrogens with one attached hydrogen (secondary N) is 2. The summed E-state index contributed by atoms with van der Waals surface area (Å²) in [5.41, 5.74) is 1.66. The van der Waals surface area contributed by atoms with E-state index in [9.17, 15) is 14.4 Å². The molecule has 9 nitrogen and oxygen atoms in total. The number of carboxylic acid groups (broad SMARTS) is 1. The van der Waals surface area contributed by atoms with Crippen LogP contribution in [0.25, 0.3) is 0 Å². The average Bonchev–Trinajstić information content (AvgIpc) is 2.88. The summed E-state index contributed by atoms with van der Waals surface area (Å²) in [4.78, 5) is 36.7. The van der Waals surface area contributed by atoms with E-state index in [1.807, 2.05) is 44.2 Å². The van der Waals surface area contributed by atoms with Gasteiger partial charge in [-0.15, -0.1) is 0 Å². The van der Waals surface area contributed by atoms with Crippen molar-refractivity contribution in [1.82, 2.24) is 10.6 Å². The summed E-state index contributed by atoms with van der Waals surface area (Å²) >= 11 is 0.820. The van der Waals surface area contributed by atoms with Crippen LogP contribution in [-0.4, -0.2) is 58.8 Å². The van der Waals surface area contributed by atoms with E-state index in [1.165, 1.54) is 5.56 Å². The molecule has 2 amide bonds. The molecule has 0 spiro atoms. The van der Waals surface area contributed by atoms with Gasteiger partial charge >= 0.3 is 5.97 Å². The van der Waals surface area contributed by atoms with E-state index in [0.29, 0.717) is 12.1 Å². The number of nitrogens with zero attached hydrogens (tertiary/aromatic N) is 1. The number of unbranched alkanes of at least 4 members (excludes halogenated alkanes) is 1. The third-order valence-corrected chi connectivity index (χ3v) is 4.82. The molecule has 39 heavy (non-hydrogen) atoms. The number of rotatable bonds is 16. The number of allylic oxidation sites excluding steroid dienone is 2. The molecule has 1 aromatic carbocycles. The Kier molecular flexibility index (Phi) is 26.1. The molecule has 0 aliphatic heterocycles. The summed E-state index contributed by atoms with van der Waals surface area (Å²) in [5.74, 6) is -0.250. The lowest BCUT2D eigenvalue weighted by Gasteiger charge is -2.14. The molecule has 1 rings (SSSR count). The maximum atomic E-state index is 12.3. The van der Waals surface area contributed by atoms with Crippen molar-refractivity contribution >= 4 is 36.0 Å². The number of aliphatic hydroxyl groups excluding tert-OH is 1. The van der Waals surface area contributed by atoms with E-state index >= 15 is 0 Å². The Labute approximate surface area is 238 Å². The lowest BCUT2D eigenvalue weighted by atomic mass is 10.1. The van der Waals surface area contributed by atoms with Crippen molar-refractivity contribution < 1.29 is 28.8 Å². The molecule has 0 aliphatic carbocycles. The molecule has 0 aromatic heterocycles. The Balaban J connectivity index is 0. The van der Waals surface area contributed by atoms with Crippen LogP contribution in [0, 0.1) is 5.92 Å². The minimum Gasteiger partial charge on any atom is -0.479 e. The molecule has 0 radical (unpaired) electrons. The third-order valence-electron chi connectivity index (χ3n) is 4.17.